The average molecular weight is 302 g/mol. The lowest BCUT2D eigenvalue weighted by molar-refractivity contribution is 1.15. The Morgan fingerprint density at radius 3 is 2.45 bits per heavy atom. The van der Waals surface area contributed by atoms with E-state index in [9.17, 15) is 0 Å². The van der Waals surface area contributed by atoms with Crippen LogP contribution < -0.4 is 5.32 Å². The number of benzene rings is 3. The van der Waals surface area contributed by atoms with Crippen molar-refractivity contribution in [2.75, 3.05) is 5.32 Å². The molecule has 0 amide bonds. The molecular weight excluding hydrogens is 289 g/mol. The summed E-state index contributed by atoms with van der Waals surface area (Å²) >= 11 is 12.0. The first-order valence-corrected chi connectivity index (χ1v) is 7.15. The lowest BCUT2D eigenvalue weighted by atomic mass is 10.1. The Kier molecular flexibility index (Phi) is 3.81. The van der Waals surface area contributed by atoms with E-state index in [0.29, 0.717) is 16.6 Å². The molecular formula is C17H13Cl2N. The summed E-state index contributed by atoms with van der Waals surface area (Å²) in [6, 6.07) is 20.3. The number of anilines is 1. The number of hydrogen-bond donors (Lipinski definition) is 1. The Hall–Kier alpha value is -1.70. The molecule has 3 aromatic rings. The molecule has 0 spiro atoms. The van der Waals surface area contributed by atoms with Crippen LogP contribution in [0.25, 0.3) is 10.8 Å². The Balaban J connectivity index is 1.85. The van der Waals surface area contributed by atoms with E-state index in [1.807, 2.05) is 30.3 Å². The van der Waals surface area contributed by atoms with Gasteiger partial charge >= 0.3 is 0 Å². The second-order valence-corrected chi connectivity index (χ2v) is 5.44. The maximum absolute atomic E-state index is 6.03. The first-order valence-electron chi connectivity index (χ1n) is 6.39. The Morgan fingerprint density at radius 1 is 0.800 bits per heavy atom. The van der Waals surface area contributed by atoms with Gasteiger partial charge in [-0.15, -0.1) is 0 Å². The molecule has 3 heteroatoms. The third kappa shape index (κ3) is 2.74. The van der Waals surface area contributed by atoms with Crippen molar-refractivity contribution in [3.63, 3.8) is 0 Å². The molecule has 0 unspecified atom stereocenters. The van der Waals surface area contributed by atoms with Crippen LogP contribution in [0.3, 0.4) is 0 Å². The minimum Gasteiger partial charge on any atom is -0.380 e. The van der Waals surface area contributed by atoms with E-state index in [-0.39, 0.29) is 0 Å². The fourth-order valence-corrected chi connectivity index (χ4v) is 2.55. The Bertz CT molecular complexity index is 748. The van der Waals surface area contributed by atoms with Gasteiger partial charge in [0.15, 0.2) is 0 Å². The van der Waals surface area contributed by atoms with Gasteiger partial charge in [-0.1, -0.05) is 65.7 Å². The molecule has 0 bridgehead atoms. The molecule has 0 atom stereocenters. The quantitative estimate of drug-likeness (QED) is 0.648. The summed E-state index contributed by atoms with van der Waals surface area (Å²) in [6.07, 6.45) is 0. The van der Waals surface area contributed by atoms with E-state index < -0.39 is 0 Å². The molecule has 0 aliphatic carbocycles. The number of rotatable bonds is 3. The Morgan fingerprint density at radius 2 is 1.60 bits per heavy atom. The first kappa shape index (κ1) is 13.3. The first-order chi connectivity index (χ1) is 9.74. The topological polar surface area (TPSA) is 12.0 Å². The molecule has 0 fully saturated rings. The molecule has 0 aliphatic rings. The number of fused-ring (bicyclic) bond motifs is 1. The molecule has 100 valence electrons. The predicted octanol–water partition coefficient (Wildman–Crippen LogP) is 5.76. The van der Waals surface area contributed by atoms with Gasteiger partial charge in [0.25, 0.3) is 0 Å². The van der Waals surface area contributed by atoms with E-state index in [0.717, 1.165) is 11.3 Å². The number of hydrogen-bond acceptors (Lipinski definition) is 1. The smallest absolute Gasteiger partial charge is 0.0595 e. The molecule has 0 saturated heterocycles. The highest BCUT2D eigenvalue weighted by atomic mass is 35.5. The summed E-state index contributed by atoms with van der Waals surface area (Å²) in [7, 11) is 0. The molecule has 3 aromatic carbocycles. The van der Waals surface area contributed by atoms with Crippen LogP contribution in [0.5, 0.6) is 0 Å². The average Bonchev–Trinajstić information content (AvgIpc) is 2.48. The van der Waals surface area contributed by atoms with Gasteiger partial charge in [0.2, 0.25) is 0 Å². The van der Waals surface area contributed by atoms with Crippen LogP contribution in [-0.2, 0) is 6.54 Å². The van der Waals surface area contributed by atoms with Crippen LogP contribution >= 0.6 is 23.2 Å². The number of nitrogens with one attached hydrogen (secondary N) is 1. The van der Waals surface area contributed by atoms with Gasteiger partial charge in [0, 0.05) is 17.6 Å². The van der Waals surface area contributed by atoms with E-state index in [4.69, 9.17) is 23.2 Å². The van der Waals surface area contributed by atoms with Crippen molar-refractivity contribution in [2.45, 2.75) is 6.54 Å². The summed E-state index contributed by atoms with van der Waals surface area (Å²) in [5.41, 5.74) is 2.22. The Labute approximate surface area is 128 Å². The van der Waals surface area contributed by atoms with Crippen molar-refractivity contribution >= 4 is 39.7 Å². The van der Waals surface area contributed by atoms with Crippen molar-refractivity contribution in [2.24, 2.45) is 0 Å². The highest BCUT2D eigenvalue weighted by Gasteiger charge is 2.02. The molecule has 0 heterocycles. The summed E-state index contributed by atoms with van der Waals surface area (Å²) in [5.74, 6) is 0. The van der Waals surface area contributed by atoms with Gasteiger partial charge in [-0.2, -0.15) is 0 Å². The normalized spacial score (nSPS) is 10.7. The van der Waals surface area contributed by atoms with Crippen molar-refractivity contribution in [3.8, 4) is 0 Å². The maximum atomic E-state index is 6.03. The molecule has 20 heavy (non-hydrogen) atoms. The zero-order chi connectivity index (χ0) is 13.9. The van der Waals surface area contributed by atoms with Gasteiger partial charge in [-0.05, 0) is 29.1 Å². The van der Waals surface area contributed by atoms with Gasteiger partial charge < -0.3 is 5.32 Å². The minimum absolute atomic E-state index is 0.584. The van der Waals surface area contributed by atoms with Crippen LogP contribution in [0.2, 0.25) is 10.0 Å². The number of halogens is 2. The highest BCUT2D eigenvalue weighted by molar-refractivity contribution is 6.42. The summed E-state index contributed by atoms with van der Waals surface area (Å²) in [4.78, 5) is 0. The molecule has 0 aliphatic heterocycles. The SMILES string of the molecule is Clc1ccc(CNc2cccc3ccccc23)cc1Cl. The minimum atomic E-state index is 0.584. The zero-order valence-corrected chi connectivity index (χ0v) is 12.2. The van der Waals surface area contributed by atoms with Crippen molar-refractivity contribution in [3.05, 3.63) is 76.3 Å². The molecule has 0 aromatic heterocycles. The maximum Gasteiger partial charge on any atom is 0.0595 e. The standard InChI is InChI=1S/C17H13Cl2N/c18-15-9-8-12(10-16(15)19)11-20-17-7-3-5-13-4-1-2-6-14(13)17/h1-10,20H,11H2. The van der Waals surface area contributed by atoms with Crippen LogP contribution in [0.15, 0.2) is 60.7 Å². The van der Waals surface area contributed by atoms with Crippen molar-refractivity contribution < 1.29 is 0 Å². The zero-order valence-electron chi connectivity index (χ0n) is 10.7. The van der Waals surface area contributed by atoms with Crippen molar-refractivity contribution in [1.82, 2.24) is 0 Å². The van der Waals surface area contributed by atoms with Crippen LogP contribution in [0.1, 0.15) is 5.56 Å². The van der Waals surface area contributed by atoms with Crippen molar-refractivity contribution in [1.29, 1.82) is 0 Å². The second-order valence-electron chi connectivity index (χ2n) is 4.63. The van der Waals surface area contributed by atoms with Gasteiger partial charge in [0.1, 0.15) is 0 Å². The molecule has 0 radical (unpaired) electrons. The third-order valence-corrected chi connectivity index (χ3v) is 4.00. The van der Waals surface area contributed by atoms with Gasteiger partial charge in [-0.25, -0.2) is 0 Å². The molecule has 1 N–H and O–H groups in total. The van der Waals surface area contributed by atoms with Gasteiger partial charge in [-0.3, -0.25) is 0 Å². The largest absolute Gasteiger partial charge is 0.380 e. The summed E-state index contributed by atoms with van der Waals surface area (Å²) in [6.45, 7) is 0.713. The molecule has 1 nitrogen and oxygen atoms in total. The van der Waals surface area contributed by atoms with E-state index in [1.165, 1.54) is 10.8 Å². The second kappa shape index (κ2) is 5.74. The predicted molar refractivity (Wildman–Crippen MR) is 87.7 cm³/mol. The fourth-order valence-electron chi connectivity index (χ4n) is 2.23. The van der Waals surface area contributed by atoms with Gasteiger partial charge in [0.05, 0.1) is 10.0 Å². The molecule has 3 rings (SSSR count). The summed E-state index contributed by atoms with van der Waals surface area (Å²) < 4.78 is 0. The van der Waals surface area contributed by atoms with E-state index in [1.54, 1.807) is 0 Å². The van der Waals surface area contributed by atoms with Crippen LogP contribution in [0, 0.1) is 0 Å². The highest BCUT2D eigenvalue weighted by Crippen LogP contribution is 2.25. The van der Waals surface area contributed by atoms with Crippen LogP contribution in [-0.4, -0.2) is 0 Å². The van der Waals surface area contributed by atoms with E-state index >= 15 is 0 Å². The van der Waals surface area contributed by atoms with Crippen LogP contribution in [0.4, 0.5) is 5.69 Å². The summed E-state index contributed by atoms with van der Waals surface area (Å²) in [5, 5.41) is 7.07. The lowest BCUT2D eigenvalue weighted by Gasteiger charge is -2.10. The lowest BCUT2D eigenvalue weighted by Crippen LogP contribution is -1.99. The third-order valence-electron chi connectivity index (χ3n) is 3.26. The van der Waals surface area contributed by atoms with E-state index in [2.05, 4.69) is 35.6 Å². The monoisotopic (exact) mass is 301 g/mol. The molecule has 0 saturated carbocycles. The fraction of sp³-hybridized carbons (Fsp3) is 0.0588.